The van der Waals surface area contributed by atoms with Gasteiger partial charge in [0.1, 0.15) is 5.75 Å². The Balaban J connectivity index is 1.59. The summed E-state index contributed by atoms with van der Waals surface area (Å²) in [6, 6.07) is 13.7. The van der Waals surface area contributed by atoms with E-state index in [4.69, 9.17) is 16.3 Å². The summed E-state index contributed by atoms with van der Waals surface area (Å²) in [6.45, 7) is 2.93. The number of para-hydroxylation sites is 1. The number of amides is 3. The number of halogens is 1. The van der Waals surface area contributed by atoms with E-state index in [-0.39, 0.29) is 24.4 Å². The fourth-order valence-electron chi connectivity index (χ4n) is 2.85. The van der Waals surface area contributed by atoms with Gasteiger partial charge >= 0.3 is 6.03 Å². The SMILES string of the molecule is CCOc1ccc(N2CC(NC(=O)Nc3ccccc3Cl)CC2=O)cc1. The van der Waals surface area contributed by atoms with Crippen LogP contribution in [0.3, 0.4) is 0 Å². The average molecular weight is 374 g/mol. The van der Waals surface area contributed by atoms with Gasteiger partial charge in [0.05, 0.1) is 23.4 Å². The molecule has 0 bridgehead atoms. The number of carbonyl (C=O) groups is 2. The van der Waals surface area contributed by atoms with Crippen molar-refractivity contribution in [2.75, 3.05) is 23.4 Å². The molecule has 1 fully saturated rings. The second kappa shape index (κ2) is 8.10. The van der Waals surface area contributed by atoms with Crippen LogP contribution in [0.25, 0.3) is 0 Å². The molecule has 3 amide bonds. The number of ether oxygens (including phenoxy) is 1. The quantitative estimate of drug-likeness (QED) is 0.840. The molecule has 26 heavy (non-hydrogen) atoms. The van der Waals surface area contributed by atoms with Gasteiger partial charge in [-0.2, -0.15) is 0 Å². The number of urea groups is 1. The molecule has 2 N–H and O–H groups in total. The van der Waals surface area contributed by atoms with Crippen molar-refractivity contribution >= 4 is 34.9 Å². The zero-order chi connectivity index (χ0) is 18.5. The summed E-state index contributed by atoms with van der Waals surface area (Å²) < 4.78 is 5.41. The van der Waals surface area contributed by atoms with E-state index >= 15 is 0 Å². The number of hydrogen-bond donors (Lipinski definition) is 2. The van der Waals surface area contributed by atoms with Crippen LogP contribution in [0.1, 0.15) is 13.3 Å². The maximum Gasteiger partial charge on any atom is 0.319 e. The number of anilines is 2. The van der Waals surface area contributed by atoms with Gasteiger partial charge in [-0.25, -0.2) is 4.79 Å². The average Bonchev–Trinajstić information content (AvgIpc) is 2.98. The summed E-state index contributed by atoms with van der Waals surface area (Å²) >= 11 is 6.03. The zero-order valence-electron chi connectivity index (χ0n) is 14.4. The Hall–Kier alpha value is -2.73. The van der Waals surface area contributed by atoms with E-state index in [1.165, 1.54) is 0 Å². The van der Waals surface area contributed by atoms with Gasteiger partial charge in [-0.15, -0.1) is 0 Å². The van der Waals surface area contributed by atoms with Gasteiger partial charge in [0, 0.05) is 18.7 Å². The van der Waals surface area contributed by atoms with Crippen LogP contribution in [-0.2, 0) is 4.79 Å². The molecule has 0 saturated carbocycles. The van der Waals surface area contributed by atoms with Crippen LogP contribution < -0.4 is 20.3 Å². The second-order valence-corrected chi connectivity index (χ2v) is 6.32. The van der Waals surface area contributed by atoms with E-state index < -0.39 is 0 Å². The Morgan fingerprint density at radius 1 is 1.23 bits per heavy atom. The minimum atomic E-state index is -0.385. The topological polar surface area (TPSA) is 70.7 Å². The summed E-state index contributed by atoms with van der Waals surface area (Å²) in [7, 11) is 0. The number of carbonyl (C=O) groups excluding carboxylic acids is 2. The molecule has 0 aliphatic carbocycles. The molecule has 2 aromatic carbocycles. The first-order valence-corrected chi connectivity index (χ1v) is 8.80. The summed E-state index contributed by atoms with van der Waals surface area (Å²) in [5.74, 6) is 0.730. The lowest BCUT2D eigenvalue weighted by atomic mass is 10.2. The molecular formula is C19H20ClN3O3. The summed E-state index contributed by atoms with van der Waals surface area (Å²) in [6.07, 6.45) is 0.253. The lowest BCUT2D eigenvalue weighted by molar-refractivity contribution is -0.117. The fraction of sp³-hybridized carbons (Fsp3) is 0.263. The second-order valence-electron chi connectivity index (χ2n) is 5.91. The normalized spacial score (nSPS) is 16.5. The molecule has 2 aromatic rings. The standard InChI is InChI=1S/C19H20ClN3O3/c1-2-26-15-9-7-14(8-10-15)23-12-13(11-18(23)24)21-19(25)22-17-6-4-3-5-16(17)20/h3-10,13H,2,11-12H2,1H3,(H2,21,22,25). The van der Waals surface area contributed by atoms with Gasteiger partial charge in [-0.1, -0.05) is 23.7 Å². The molecule has 1 heterocycles. The highest BCUT2D eigenvalue weighted by molar-refractivity contribution is 6.33. The van der Waals surface area contributed by atoms with E-state index in [9.17, 15) is 9.59 Å². The largest absolute Gasteiger partial charge is 0.494 e. The monoisotopic (exact) mass is 373 g/mol. The van der Waals surface area contributed by atoms with Crippen LogP contribution in [-0.4, -0.2) is 31.1 Å². The Kier molecular flexibility index (Phi) is 5.63. The molecule has 7 heteroatoms. The van der Waals surface area contributed by atoms with Gasteiger partial charge in [-0.3, -0.25) is 4.79 Å². The molecule has 1 saturated heterocycles. The number of nitrogens with zero attached hydrogens (tertiary/aromatic N) is 1. The molecule has 1 aliphatic rings. The molecule has 0 spiro atoms. The van der Waals surface area contributed by atoms with Crippen LogP contribution in [0.15, 0.2) is 48.5 Å². The van der Waals surface area contributed by atoms with Crippen molar-refractivity contribution in [1.29, 1.82) is 0 Å². The third-order valence-corrected chi connectivity index (χ3v) is 4.37. The van der Waals surface area contributed by atoms with Crippen LogP contribution in [0.4, 0.5) is 16.2 Å². The molecular weight excluding hydrogens is 354 g/mol. The van der Waals surface area contributed by atoms with E-state index in [1.54, 1.807) is 29.2 Å². The maximum absolute atomic E-state index is 12.3. The summed E-state index contributed by atoms with van der Waals surface area (Å²) in [5.41, 5.74) is 1.31. The van der Waals surface area contributed by atoms with Crippen molar-refractivity contribution in [3.63, 3.8) is 0 Å². The number of nitrogens with one attached hydrogen (secondary N) is 2. The minimum absolute atomic E-state index is 0.0304. The molecule has 1 unspecified atom stereocenters. The van der Waals surface area contributed by atoms with Gasteiger partial charge in [0.25, 0.3) is 0 Å². The van der Waals surface area contributed by atoms with Gasteiger partial charge in [0.15, 0.2) is 0 Å². The van der Waals surface area contributed by atoms with Crippen LogP contribution in [0, 0.1) is 0 Å². The fourth-order valence-corrected chi connectivity index (χ4v) is 3.03. The molecule has 3 rings (SSSR count). The molecule has 0 aromatic heterocycles. The first-order chi connectivity index (χ1) is 12.6. The molecule has 1 aliphatic heterocycles. The summed E-state index contributed by atoms with van der Waals surface area (Å²) in [5, 5.41) is 5.98. The Morgan fingerprint density at radius 3 is 2.65 bits per heavy atom. The molecule has 136 valence electrons. The van der Waals surface area contributed by atoms with Crippen molar-refractivity contribution in [3.8, 4) is 5.75 Å². The predicted molar refractivity (Wildman–Crippen MR) is 102 cm³/mol. The van der Waals surface area contributed by atoms with Crippen molar-refractivity contribution < 1.29 is 14.3 Å². The third-order valence-electron chi connectivity index (χ3n) is 4.04. The highest BCUT2D eigenvalue weighted by atomic mass is 35.5. The molecule has 0 radical (unpaired) electrons. The number of hydrogen-bond acceptors (Lipinski definition) is 3. The zero-order valence-corrected chi connectivity index (χ0v) is 15.1. The predicted octanol–water partition coefficient (Wildman–Crippen LogP) is 3.67. The highest BCUT2D eigenvalue weighted by Gasteiger charge is 2.31. The van der Waals surface area contributed by atoms with Crippen molar-refractivity contribution in [2.24, 2.45) is 0 Å². The Bertz CT molecular complexity index is 795. The first kappa shape index (κ1) is 18.1. The number of benzene rings is 2. The van der Waals surface area contributed by atoms with E-state index in [0.717, 1.165) is 11.4 Å². The minimum Gasteiger partial charge on any atom is -0.494 e. The van der Waals surface area contributed by atoms with Gasteiger partial charge < -0.3 is 20.3 Å². The van der Waals surface area contributed by atoms with Crippen LogP contribution in [0.2, 0.25) is 5.02 Å². The highest BCUT2D eigenvalue weighted by Crippen LogP contribution is 2.25. The lowest BCUT2D eigenvalue weighted by Gasteiger charge is -2.18. The van der Waals surface area contributed by atoms with Gasteiger partial charge in [-0.05, 0) is 43.3 Å². The van der Waals surface area contributed by atoms with E-state index in [1.807, 2.05) is 31.2 Å². The first-order valence-electron chi connectivity index (χ1n) is 8.42. The molecule has 6 nitrogen and oxygen atoms in total. The van der Waals surface area contributed by atoms with Crippen molar-refractivity contribution in [2.45, 2.75) is 19.4 Å². The van der Waals surface area contributed by atoms with E-state index in [0.29, 0.717) is 23.9 Å². The Labute approximate surface area is 157 Å². The third kappa shape index (κ3) is 4.26. The van der Waals surface area contributed by atoms with Crippen molar-refractivity contribution in [1.82, 2.24) is 5.32 Å². The smallest absolute Gasteiger partial charge is 0.319 e. The van der Waals surface area contributed by atoms with Crippen LogP contribution in [0.5, 0.6) is 5.75 Å². The van der Waals surface area contributed by atoms with Gasteiger partial charge in [0.2, 0.25) is 5.91 Å². The van der Waals surface area contributed by atoms with E-state index in [2.05, 4.69) is 10.6 Å². The molecule has 1 atom stereocenters. The van der Waals surface area contributed by atoms with Crippen molar-refractivity contribution in [3.05, 3.63) is 53.6 Å². The van der Waals surface area contributed by atoms with Crippen LogP contribution >= 0.6 is 11.6 Å². The maximum atomic E-state index is 12.3. The summed E-state index contributed by atoms with van der Waals surface area (Å²) in [4.78, 5) is 26.1. The number of rotatable bonds is 5. The lowest BCUT2D eigenvalue weighted by Crippen LogP contribution is -2.39. The Morgan fingerprint density at radius 2 is 1.96 bits per heavy atom.